The number of nitrogens with zero attached hydrogens (tertiary/aromatic N) is 3. The maximum Gasteiger partial charge on any atom is 0.326 e. The van der Waals surface area contributed by atoms with Crippen molar-refractivity contribution < 1.29 is 4.74 Å². The first kappa shape index (κ1) is 16.2. The van der Waals surface area contributed by atoms with E-state index in [1.807, 2.05) is 30.3 Å². The number of nitrogens with one attached hydrogen (secondary N) is 2. The van der Waals surface area contributed by atoms with E-state index >= 15 is 0 Å². The summed E-state index contributed by atoms with van der Waals surface area (Å²) in [5, 5.41) is 3.53. The number of fused-ring (bicyclic) bond motifs is 1. The van der Waals surface area contributed by atoms with Crippen molar-refractivity contribution in [1.82, 2.24) is 19.9 Å². The highest BCUT2D eigenvalue weighted by molar-refractivity contribution is 5.82. The highest BCUT2D eigenvalue weighted by Crippen LogP contribution is 2.27. The summed E-state index contributed by atoms with van der Waals surface area (Å²) in [5.74, 6) is 1.48. The van der Waals surface area contributed by atoms with Crippen LogP contribution >= 0.6 is 0 Å². The minimum Gasteiger partial charge on any atom is -0.424 e. The molecule has 0 saturated heterocycles. The van der Waals surface area contributed by atoms with E-state index in [0.717, 1.165) is 11.3 Å². The first-order chi connectivity index (χ1) is 11.4. The van der Waals surface area contributed by atoms with Gasteiger partial charge in [-0.25, -0.2) is 4.98 Å². The molecule has 126 valence electrons. The molecule has 6 heteroatoms. The highest BCUT2D eigenvalue weighted by atomic mass is 16.5. The molecule has 0 spiro atoms. The summed E-state index contributed by atoms with van der Waals surface area (Å²) in [6.45, 7) is 0. The fourth-order valence-corrected chi connectivity index (χ4v) is 3.00. The third kappa shape index (κ3) is 3.48. The van der Waals surface area contributed by atoms with Gasteiger partial charge < -0.3 is 15.0 Å². The zero-order valence-corrected chi connectivity index (χ0v) is 12.8. The number of para-hydroxylation sites is 1. The number of aromatic nitrogens is 4. The van der Waals surface area contributed by atoms with Crippen LogP contribution in [0.5, 0.6) is 11.8 Å². The molecular weight excluding hydrogens is 302 g/mol. The second-order valence-corrected chi connectivity index (χ2v) is 5.85. The number of aromatic amines is 1. The summed E-state index contributed by atoms with van der Waals surface area (Å²) in [6.07, 6.45) is 7.84. The molecule has 2 N–H and O–H groups in total. The van der Waals surface area contributed by atoms with Crippen molar-refractivity contribution in [2.45, 2.75) is 45.6 Å². The van der Waals surface area contributed by atoms with Crippen LogP contribution in [0, 0.1) is 0 Å². The Balaban J connectivity index is 0.00000169. The highest BCUT2D eigenvalue weighted by Gasteiger charge is 2.17. The summed E-state index contributed by atoms with van der Waals surface area (Å²) in [6, 6.07) is 10.3. The van der Waals surface area contributed by atoms with Crippen LogP contribution in [-0.4, -0.2) is 26.0 Å². The standard InChI is InChI=1S/C17H19N5O.CH4/c1-3-7-12(8-4-1)20-16-14-15(19-11-18-14)21-17(22-16)23-13-9-5-2-6-10-13;/h2,5-6,9-12H,1,3-4,7-8H2,(H2,18,19,20,21,22);1H4. The number of anilines is 1. The van der Waals surface area contributed by atoms with Gasteiger partial charge in [-0.1, -0.05) is 44.9 Å². The molecule has 0 atom stereocenters. The van der Waals surface area contributed by atoms with Crippen molar-refractivity contribution in [2.24, 2.45) is 0 Å². The Morgan fingerprint density at radius 1 is 1.04 bits per heavy atom. The van der Waals surface area contributed by atoms with Crippen molar-refractivity contribution >= 4 is 17.0 Å². The molecule has 0 amide bonds. The van der Waals surface area contributed by atoms with Gasteiger partial charge in [-0.2, -0.15) is 9.97 Å². The quantitative estimate of drug-likeness (QED) is 0.737. The molecule has 0 bridgehead atoms. The third-order valence-corrected chi connectivity index (χ3v) is 4.16. The van der Waals surface area contributed by atoms with Crippen LogP contribution in [0.1, 0.15) is 39.5 Å². The Kier molecular flexibility index (Phi) is 4.93. The second-order valence-electron chi connectivity index (χ2n) is 5.85. The number of imidazole rings is 1. The lowest BCUT2D eigenvalue weighted by Crippen LogP contribution is -2.23. The Morgan fingerprint density at radius 3 is 2.62 bits per heavy atom. The van der Waals surface area contributed by atoms with E-state index in [4.69, 9.17) is 4.74 Å². The SMILES string of the molecule is C.c1ccc(Oc2nc(NC3CCCCC3)c3[nH]cnc3n2)cc1. The molecule has 0 aliphatic heterocycles. The maximum absolute atomic E-state index is 5.77. The van der Waals surface area contributed by atoms with Crippen molar-refractivity contribution in [1.29, 1.82) is 0 Å². The summed E-state index contributed by atoms with van der Waals surface area (Å²) in [4.78, 5) is 16.3. The van der Waals surface area contributed by atoms with E-state index in [9.17, 15) is 0 Å². The predicted octanol–water partition coefficient (Wildman–Crippen LogP) is 4.53. The largest absolute Gasteiger partial charge is 0.424 e. The number of ether oxygens (including phenoxy) is 1. The van der Waals surface area contributed by atoms with Crippen molar-refractivity contribution in [3.05, 3.63) is 36.7 Å². The van der Waals surface area contributed by atoms with Crippen LogP contribution in [0.4, 0.5) is 5.82 Å². The van der Waals surface area contributed by atoms with Gasteiger partial charge in [0.25, 0.3) is 0 Å². The number of benzene rings is 1. The van der Waals surface area contributed by atoms with Crippen LogP contribution < -0.4 is 10.1 Å². The molecule has 0 unspecified atom stereocenters. The minimum absolute atomic E-state index is 0. The molecule has 3 aromatic rings. The van der Waals surface area contributed by atoms with E-state index in [2.05, 4.69) is 25.3 Å². The molecule has 1 aliphatic rings. The van der Waals surface area contributed by atoms with Crippen LogP contribution in [0.15, 0.2) is 36.7 Å². The summed E-state index contributed by atoms with van der Waals surface area (Å²) >= 11 is 0. The summed E-state index contributed by atoms with van der Waals surface area (Å²) < 4.78 is 5.77. The lowest BCUT2D eigenvalue weighted by atomic mass is 9.95. The van der Waals surface area contributed by atoms with E-state index < -0.39 is 0 Å². The average molecular weight is 325 g/mol. The van der Waals surface area contributed by atoms with E-state index in [-0.39, 0.29) is 7.43 Å². The molecule has 6 nitrogen and oxygen atoms in total. The van der Waals surface area contributed by atoms with Gasteiger partial charge in [-0.3, -0.25) is 0 Å². The Bertz CT molecular complexity index is 780. The van der Waals surface area contributed by atoms with Crippen LogP contribution in [0.2, 0.25) is 0 Å². The fourth-order valence-electron chi connectivity index (χ4n) is 3.00. The topological polar surface area (TPSA) is 75.7 Å². The zero-order valence-electron chi connectivity index (χ0n) is 12.8. The minimum atomic E-state index is 0. The van der Waals surface area contributed by atoms with Crippen molar-refractivity contribution in [2.75, 3.05) is 5.32 Å². The van der Waals surface area contributed by atoms with Crippen molar-refractivity contribution in [3.8, 4) is 11.8 Å². The summed E-state index contributed by atoms with van der Waals surface area (Å²) in [5.41, 5.74) is 1.44. The Hall–Kier alpha value is -2.63. The van der Waals surface area contributed by atoms with Gasteiger partial charge in [0, 0.05) is 6.04 Å². The van der Waals surface area contributed by atoms with Gasteiger partial charge in [0.15, 0.2) is 11.5 Å². The predicted molar refractivity (Wildman–Crippen MR) is 95.4 cm³/mol. The van der Waals surface area contributed by atoms with Crippen molar-refractivity contribution in [3.63, 3.8) is 0 Å². The van der Waals surface area contributed by atoms with Crippen LogP contribution in [-0.2, 0) is 0 Å². The Labute approximate surface area is 141 Å². The summed E-state index contributed by atoms with van der Waals surface area (Å²) in [7, 11) is 0. The molecule has 24 heavy (non-hydrogen) atoms. The lowest BCUT2D eigenvalue weighted by molar-refractivity contribution is 0.441. The van der Waals surface area contributed by atoms with Crippen LogP contribution in [0.3, 0.4) is 0 Å². The zero-order chi connectivity index (χ0) is 15.5. The van der Waals surface area contributed by atoms with E-state index in [0.29, 0.717) is 23.4 Å². The van der Waals surface area contributed by atoms with Gasteiger partial charge in [0.2, 0.25) is 0 Å². The van der Waals surface area contributed by atoms with Gasteiger partial charge in [0.05, 0.1) is 6.33 Å². The van der Waals surface area contributed by atoms with Gasteiger partial charge in [-0.05, 0) is 25.0 Å². The molecule has 4 rings (SSSR count). The lowest BCUT2D eigenvalue weighted by Gasteiger charge is -2.23. The van der Waals surface area contributed by atoms with Gasteiger partial charge in [-0.15, -0.1) is 0 Å². The van der Waals surface area contributed by atoms with Crippen LogP contribution in [0.25, 0.3) is 11.2 Å². The first-order valence-electron chi connectivity index (χ1n) is 8.09. The van der Waals surface area contributed by atoms with Gasteiger partial charge in [0.1, 0.15) is 11.3 Å². The monoisotopic (exact) mass is 325 g/mol. The first-order valence-corrected chi connectivity index (χ1v) is 8.09. The second kappa shape index (κ2) is 7.29. The molecule has 1 saturated carbocycles. The molecule has 1 aromatic carbocycles. The molecular formula is C18H23N5O. The van der Waals surface area contributed by atoms with E-state index in [1.165, 1.54) is 32.1 Å². The molecule has 1 fully saturated rings. The third-order valence-electron chi connectivity index (χ3n) is 4.16. The van der Waals surface area contributed by atoms with E-state index in [1.54, 1.807) is 6.33 Å². The number of H-pyrrole nitrogens is 1. The number of hydrogen-bond acceptors (Lipinski definition) is 5. The molecule has 2 heterocycles. The molecule has 1 aliphatic carbocycles. The Morgan fingerprint density at radius 2 is 1.83 bits per heavy atom. The number of hydrogen-bond donors (Lipinski definition) is 2. The van der Waals surface area contributed by atoms with Gasteiger partial charge >= 0.3 is 6.01 Å². The average Bonchev–Trinajstić information content (AvgIpc) is 3.05. The maximum atomic E-state index is 5.77. The number of rotatable bonds is 4. The molecule has 0 radical (unpaired) electrons. The normalized spacial score (nSPS) is 15.0. The smallest absolute Gasteiger partial charge is 0.326 e. The molecule has 2 aromatic heterocycles. The fraction of sp³-hybridized carbons (Fsp3) is 0.389.